The maximum Gasteiger partial charge on any atom is 0.180 e. The third kappa shape index (κ3) is 3.80. The number of benzene rings is 1. The Morgan fingerprint density at radius 2 is 2.05 bits per heavy atom. The Kier molecular flexibility index (Phi) is 5.84. The maximum absolute atomic E-state index is 5.73. The van der Waals surface area contributed by atoms with Crippen LogP contribution in [0, 0.1) is 0 Å². The zero-order valence-electron chi connectivity index (χ0n) is 13.2. The number of halogens is 1. The van der Waals surface area contributed by atoms with Crippen LogP contribution in [0.1, 0.15) is 54.7 Å². The van der Waals surface area contributed by atoms with Gasteiger partial charge in [-0.15, -0.1) is 23.7 Å². The molecule has 0 bridgehead atoms. The number of thiazole rings is 1. The van der Waals surface area contributed by atoms with Crippen LogP contribution in [0.15, 0.2) is 30.5 Å². The summed E-state index contributed by atoms with van der Waals surface area (Å²) in [7, 11) is 0. The second-order valence-corrected chi connectivity index (χ2v) is 7.26. The van der Waals surface area contributed by atoms with Crippen molar-refractivity contribution in [1.82, 2.24) is 9.88 Å². The lowest BCUT2D eigenvalue weighted by atomic mass is 9.98. The molecule has 5 heteroatoms. The van der Waals surface area contributed by atoms with Crippen LogP contribution in [0.2, 0.25) is 0 Å². The van der Waals surface area contributed by atoms with Gasteiger partial charge in [-0.3, -0.25) is 4.90 Å². The maximum atomic E-state index is 5.73. The molecule has 0 saturated carbocycles. The van der Waals surface area contributed by atoms with Crippen LogP contribution in [0.4, 0.5) is 5.13 Å². The molecule has 1 fully saturated rings. The summed E-state index contributed by atoms with van der Waals surface area (Å²) in [6, 6.07) is 9.70. The summed E-state index contributed by atoms with van der Waals surface area (Å²) >= 11 is 1.60. The van der Waals surface area contributed by atoms with E-state index in [0.717, 1.165) is 13.1 Å². The second-order valence-electron chi connectivity index (χ2n) is 6.11. The molecule has 1 unspecified atom stereocenters. The lowest BCUT2D eigenvalue weighted by Crippen LogP contribution is -2.22. The molecule has 1 aromatic heterocycles. The molecule has 0 amide bonds. The molecule has 120 valence electrons. The van der Waals surface area contributed by atoms with Gasteiger partial charge in [-0.1, -0.05) is 38.1 Å². The zero-order chi connectivity index (χ0) is 14.8. The van der Waals surface area contributed by atoms with Gasteiger partial charge >= 0.3 is 0 Å². The molecule has 1 aliphatic heterocycles. The normalized spacial score (nSPS) is 18.6. The molecular formula is C17H24ClN3S. The first kappa shape index (κ1) is 17.3. The Morgan fingerprint density at radius 3 is 2.64 bits per heavy atom. The number of nitrogens with zero attached hydrogens (tertiary/aromatic N) is 2. The van der Waals surface area contributed by atoms with Crippen LogP contribution in [0.25, 0.3) is 0 Å². The van der Waals surface area contributed by atoms with E-state index in [1.807, 2.05) is 6.20 Å². The van der Waals surface area contributed by atoms with Crippen molar-refractivity contribution in [1.29, 1.82) is 0 Å². The van der Waals surface area contributed by atoms with Crippen LogP contribution in [-0.4, -0.2) is 16.4 Å². The fourth-order valence-electron chi connectivity index (χ4n) is 3.09. The number of nitrogens with two attached hydrogens (primary N) is 1. The van der Waals surface area contributed by atoms with E-state index in [1.54, 1.807) is 11.3 Å². The topological polar surface area (TPSA) is 42.2 Å². The first-order valence-corrected chi connectivity index (χ1v) is 8.49. The summed E-state index contributed by atoms with van der Waals surface area (Å²) in [6.45, 7) is 6.61. The standard InChI is InChI=1S/C17H23N3S.ClH/c1-12(2)13-5-7-14(8-6-13)16-4-3-9-20(16)11-15-10-19-17(18)21-15;/h5-8,10,12,16H,3-4,9,11H2,1-2H3,(H2,18,19);1H. The van der Waals surface area contributed by atoms with E-state index in [-0.39, 0.29) is 12.4 Å². The molecule has 3 nitrogen and oxygen atoms in total. The van der Waals surface area contributed by atoms with Crippen molar-refractivity contribution < 1.29 is 0 Å². The SMILES string of the molecule is CC(C)c1ccc(C2CCCN2Cc2cnc(N)s2)cc1.Cl. The van der Waals surface area contributed by atoms with Gasteiger partial charge < -0.3 is 5.73 Å². The number of aromatic nitrogens is 1. The van der Waals surface area contributed by atoms with Crippen LogP contribution in [0.3, 0.4) is 0 Å². The monoisotopic (exact) mass is 337 g/mol. The van der Waals surface area contributed by atoms with Crippen molar-refractivity contribution in [3.05, 3.63) is 46.5 Å². The first-order valence-electron chi connectivity index (χ1n) is 7.67. The first-order chi connectivity index (χ1) is 10.1. The molecule has 0 spiro atoms. The van der Waals surface area contributed by atoms with E-state index in [4.69, 9.17) is 5.73 Å². The van der Waals surface area contributed by atoms with Gasteiger partial charge in [0.1, 0.15) is 0 Å². The van der Waals surface area contributed by atoms with Gasteiger partial charge in [0.25, 0.3) is 0 Å². The van der Waals surface area contributed by atoms with E-state index < -0.39 is 0 Å². The summed E-state index contributed by atoms with van der Waals surface area (Å²) in [6.07, 6.45) is 4.43. The molecule has 2 heterocycles. The molecule has 0 radical (unpaired) electrons. The van der Waals surface area contributed by atoms with Crippen LogP contribution in [-0.2, 0) is 6.54 Å². The molecule has 3 rings (SSSR count). The van der Waals surface area contributed by atoms with Gasteiger partial charge in [0.05, 0.1) is 0 Å². The van der Waals surface area contributed by atoms with E-state index in [1.165, 1.54) is 28.8 Å². The predicted octanol–water partition coefficient (Wildman–Crippen LogP) is 4.61. The lowest BCUT2D eigenvalue weighted by molar-refractivity contribution is 0.250. The third-order valence-corrected chi connectivity index (χ3v) is 5.09. The smallest absolute Gasteiger partial charge is 0.180 e. The number of rotatable bonds is 4. The highest BCUT2D eigenvalue weighted by Crippen LogP contribution is 2.34. The third-order valence-electron chi connectivity index (χ3n) is 4.28. The van der Waals surface area contributed by atoms with E-state index in [9.17, 15) is 0 Å². The van der Waals surface area contributed by atoms with Gasteiger partial charge in [0.2, 0.25) is 0 Å². The Morgan fingerprint density at radius 1 is 1.32 bits per heavy atom. The van der Waals surface area contributed by atoms with Crippen molar-refractivity contribution in [3.63, 3.8) is 0 Å². The van der Waals surface area contributed by atoms with Crippen LogP contribution in [0.5, 0.6) is 0 Å². The largest absolute Gasteiger partial charge is 0.375 e. The highest BCUT2D eigenvalue weighted by molar-refractivity contribution is 7.15. The lowest BCUT2D eigenvalue weighted by Gasteiger charge is -2.24. The fourth-order valence-corrected chi connectivity index (χ4v) is 3.80. The van der Waals surface area contributed by atoms with Crippen molar-refractivity contribution >= 4 is 28.9 Å². The number of hydrogen-bond donors (Lipinski definition) is 1. The minimum atomic E-state index is 0. The zero-order valence-corrected chi connectivity index (χ0v) is 14.8. The van der Waals surface area contributed by atoms with Gasteiger partial charge in [-0.25, -0.2) is 4.98 Å². The number of nitrogen functional groups attached to an aromatic ring is 1. The van der Waals surface area contributed by atoms with E-state index in [2.05, 4.69) is 48.0 Å². The number of likely N-dealkylation sites (tertiary alicyclic amines) is 1. The second kappa shape index (κ2) is 7.44. The van der Waals surface area contributed by atoms with Crippen LogP contribution >= 0.6 is 23.7 Å². The molecule has 0 aliphatic carbocycles. The predicted molar refractivity (Wildman–Crippen MR) is 96.7 cm³/mol. The molecule has 1 atom stereocenters. The van der Waals surface area contributed by atoms with Crippen molar-refractivity contribution in [2.24, 2.45) is 0 Å². The minimum Gasteiger partial charge on any atom is -0.375 e. The number of hydrogen-bond acceptors (Lipinski definition) is 4. The molecule has 1 aliphatic rings. The molecule has 1 aromatic carbocycles. The van der Waals surface area contributed by atoms with E-state index in [0.29, 0.717) is 17.1 Å². The van der Waals surface area contributed by atoms with E-state index >= 15 is 0 Å². The minimum absolute atomic E-state index is 0. The van der Waals surface area contributed by atoms with Crippen molar-refractivity contribution in [2.45, 2.75) is 45.2 Å². The van der Waals surface area contributed by atoms with Gasteiger partial charge in [-0.05, 0) is 36.4 Å². The molecule has 2 aromatic rings. The average molecular weight is 338 g/mol. The van der Waals surface area contributed by atoms with Crippen molar-refractivity contribution in [3.8, 4) is 0 Å². The molecule has 2 N–H and O–H groups in total. The summed E-state index contributed by atoms with van der Waals surface area (Å²) < 4.78 is 0. The Bertz CT molecular complexity index is 594. The summed E-state index contributed by atoms with van der Waals surface area (Å²) in [5, 5.41) is 0.669. The fraction of sp³-hybridized carbons (Fsp3) is 0.471. The quantitative estimate of drug-likeness (QED) is 0.886. The number of anilines is 1. The average Bonchev–Trinajstić information content (AvgIpc) is 3.09. The summed E-state index contributed by atoms with van der Waals surface area (Å²) in [5.74, 6) is 0.596. The van der Waals surface area contributed by atoms with Gasteiger partial charge in [0, 0.05) is 23.7 Å². The Balaban J connectivity index is 0.00000176. The Labute approximate surface area is 143 Å². The Hall–Kier alpha value is -1.10. The molecular weight excluding hydrogens is 314 g/mol. The van der Waals surface area contributed by atoms with Crippen LogP contribution < -0.4 is 5.73 Å². The van der Waals surface area contributed by atoms with Gasteiger partial charge in [-0.2, -0.15) is 0 Å². The van der Waals surface area contributed by atoms with Gasteiger partial charge in [0.15, 0.2) is 5.13 Å². The highest BCUT2D eigenvalue weighted by Gasteiger charge is 2.26. The molecule has 1 saturated heterocycles. The summed E-state index contributed by atoms with van der Waals surface area (Å²) in [4.78, 5) is 7.97. The molecule has 22 heavy (non-hydrogen) atoms. The summed E-state index contributed by atoms with van der Waals surface area (Å²) in [5.41, 5.74) is 8.59. The van der Waals surface area contributed by atoms with Crippen molar-refractivity contribution in [2.75, 3.05) is 12.3 Å². The highest BCUT2D eigenvalue weighted by atomic mass is 35.5.